The van der Waals surface area contributed by atoms with Crippen LogP contribution in [0, 0.1) is 0 Å². The highest BCUT2D eigenvalue weighted by Gasteiger charge is 2.30. The van der Waals surface area contributed by atoms with Gasteiger partial charge in [-0.3, -0.25) is 0 Å². The van der Waals surface area contributed by atoms with E-state index in [0.29, 0.717) is 0 Å². The minimum atomic E-state index is 0.771. The molecule has 0 aliphatic heterocycles. The predicted octanol–water partition coefficient (Wildman–Crippen LogP) is 4.23. The Bertz CT molecular complexity index is 375. The first-order valence-electron chi connectivity index (χ1n) is 6.65. The summed E-state index contributed by atoms with van der Waals surface area (Å²) in [6.45, 7) is 2.82. The van der Waals surface area contributed by atoms with E-state index in [1.807, 2.05) is 0 Å². The van der Waals surface area contributed by atoms with Gasteiger partial charge in [0, 0.05) is 0 Å². The molecule has 1 heteroatoms. The smallest absolute Gasteiger partial charge is 0.119 e. The Hall–Kier alpha value is -0.980. The zero-order chi connectivity index (χ0) is 11.0. The average Bonchev–Trinajstić information content (AvgIpc) is 2.99. The van der Waals surface area contributed by atoms with E-state index in [0.717, 1.165) is 24.2 Å². The second-order valence-electron chi connectivity index (χ2n) is 5.13. The van der Waals surface area contributed by atoms with E-state index in [-0.39, 0.29) is 0 Å². The zero-order valence-electron chi connectivity index (χ0n) is 10.0. The predicted molar refractivity (Wildman–Crippen MR) is 66.2 cm³/mol. The largest absolute Gasteiger partial charge is 0.494 e. The lowest BCUT2D eigenvalue weighted by Crippen LogP contribution is -2.11. The van der Waals surface area contributed by atoms with E-state index < -0.39 is 0 Å². The molecule has 2 saturated carbocycles. The summed E-state index contributed by atoms with van der Waals surface area (Å²) in [5.41, 5.74) is 3.22. The summed E-state index contributed by atoms with van der Waals surface area (Å²) in [4.78, 5) is 0. The van der Waals surface area contributed by atoms with Crippen molar-refractivity contribution in [2.24, 2.45) is 0 Å². The zero-order valence-corrected chi connectivity index (χ0v) is 10.0. The lowest BCUT2D eigenvalue weighted by molar-refractivity contribution is 0.338. The fourth-order valence-corrected chi connectivity index (χ4v) is 2.65. The lowest BCUT2D eigenvalue weighted by Gasteiger charge is -2.28. The van der Waals surface area contributed by atoms with Crippen LogP contribution in [0.1, 0.15) is 62.0 Å². The molecule has 0 amide bonds. The second kappa shape index (κ2) is 4.12. The molecule has 0 N–H and O–H groups in total. The third-order valence-corrected chi connectivity index (χ3v) is 3.93. The van der Waals surface area contributed by atoms with Crippen molar-refractivity contribution in [1.29, 1.82) is 0 Å². The van der Waals surface area contributed by atoms with Crippen LogP contribution in [0.4, 0.5) is 0 Å². The second-order valence-corrected chi connectivity index (χ2v) is 5.13. The first-order chi connectivity index (χ1) is 7.88. The molecule has 2 fully saturated rings. The van der Waals surface area contributed by atoms with Crippen LogP contribution >= 0.6 is 0 Å². The van der Waals surface area contributed by atoms with Crippen LogP contribution in [0.3, 0.4) is 0 Å². The third-order valence-electron chi connectivity index (χ3n) is 3.93. The maximum absolute atomic E-state index is 5.62. The van der Waals surface area contributed by atoms with Crippen LogP contribution in [0.15, 0.2) is 18.2 Å². The Morgan fingerprint density at radius 1 is 1.06 bits per heavy atom. The first-order valence-corrected chi connectivity index (χ1v) is 6.65. The van der Waals surface area contributed by atoms with E-state index >= 15 is 0 Å². The highest BCUT2D eigenvalue weighted by molar-refractivity contribution is 5.42. The molecule has 0 aromatic heterocycles. The van der Waals surface area contributed by atoms with Crippen LogP contribution in [-0.2, 0) is 0 Å². The van der Waals surface area contributed by atoms with Gasteiger partial charge in [0.2, 0.25) is 0 Å². The molecule has 1 aromatic carbocycles. The summed E-state index contributed by atoms with van der Waals surface area (Å²) >= 11 is 0. The standard InChI is InChI=1S/C15H20O/c1-2-16-13-8-9-14(12-6-7-12)15(10-13)11-4-3-5-11/h8-12H,2-7H2,1H3. The maximum atomic E-state index is 5.62. The number of benzene rings is 1. The van der Waals surface area contributed by atoms with Gasteiger partial charge in [-0.15, -0.1) is 0 Å². The fraction of sp³-hybridized carbons (Fsp3) is 0.600. The van der Waals surface area contributed by atoms with E-state index in [2.05, 4.69) is 25.1 Å². The molecule has 0 saturated heterocycles. The summed E-state index contributed by atoms with van der Waals surface area (Å²) in [5.74, 6) is 2.76. The fourth-order valence-electron chi connectivity index (χ4n) is 2.65. The van der Waals surface area contributed by atoms with E-state index in [4.69, 9.17) is 4.74 Å². The van der Waals surface area contributed by atoms with E-state index in [1.54, 1.807) is 11.1 Å². The Morgan fingerprint density at radius 2 is 1.81 bits per heavy atom. The van der Waals surface area contributed by atoms with Crippen LogP contribution in [-0.4, -0.2) is 6.61 Å². The molecule has 2 aliphatic rings. The molecule has 0 atom stereocenters. The molecule has 0 unspecified atom stereocenters. The van der Waals surface area contributed by atoms with Gasteiger partial charge in [-0.2, -0.15) is 0 Å². The van der Waals surface area contributed by atoms with Crippen molar-refractivity contribution < 1.29 is 4.74 Å². The van der Waals surface area contributed by atoms with Gasteiger partial charge in [-0.25, -0.2) is 0 Å². The maximum Gasteiger partial charge on any atom is 0.119 e. The van der Waals surface area contributed by atoms with Gasteiger partial charge in [-0.05, 0) is 67.7 Å². The number of hydrogen-bond donors (Lipinski definition) is 0. The summed E-state index contributed by atoms with van der Waals surface area (Å²) in [5, 5.41) is 0. The lowest BCUT2D eigenvalue weighted by atomic mass is 9.77. The van der Waals surface area contributed by atoms with Crippen molar-refractivity contribution in [3.63, 3.8) is 0 Å². The molecule has 3 rings (SSSR count). The molecule has 16 heavy (non-hydrogen) atoms. The van der Waals surface area contributed by atoms with Gasteiger partial charge >= 0.3 is 0 Å². The van der Waals surface area contributed by atoms with Crippen molar-refractivity contribution >= 4 is 0 Å². The van der Waals surface area contributed by atoms with Gasteiger partial charge < -0.3 is 4.74 Å². The average molecular weight is 216 g/mol. The number of rotatable bonds is 4. The van der Waals surface area contributed by atoms with E-state index in [9.17, 15) is 0 Å². The van der Waals surface area contributed by atoms with Crippen LogP contribution in [0.5, 0.6) is 5.75 Å². The Labute approximate surface area is 97.8 Å². The van der Waals surface area contributed by atoms with Gasteiger partial charge in [-0.1, -0.05) is 12.5 Å². The molecular weight excluding hydrogens is 196 g/mol. The van der Waals surface area contributed by atoms with Gasteiger partial charge in [0.25, 0.3) is 0 Å². The van der Waals surface area contributed by atoms with Crippen molar-refractivity contribution in [2.45, 2.75) is 50.9 Å². The molecule has 0 heterocycles. The van der Waals surface area contributed by atoms with Crippen molar-refractivity contribution in [2.75, 3.05) is 6.61 Å². The molecule has 2 aliphatic carbocycles. The highest BCUT2D eigenvalue weighted by Crippen LogP contribution is 2.48. The molecule has 0 radical (unpaired) electrons. The topological polar surface area (TPSA) is 9.23 Å². The van der Waals surface area contributed by atoms with Gasteiger partial charge in [0.05, 0.1) is 6.61 Å². The summed E-state index contributed by atoms with van der Waals surface area (Å²) in [6, 6.07) is 6.77. The summed E-state index contributed by atoms with van der Waals surface area (Å²) in [7, 11) is 0. The molecule has 0 bridgehead atoms. The summed E-state index contributed by atoms with van der Waals surface area (Å²) < 4.78 is 5.62. The summed E-state index contributed by atoms with van der Waals surface area (Å²) in [6.07, 6.45) is 6.97. The molecule has 1 aromatic rings. The highest BCUT2D eigenvalue weighted by atomic mass is 16.5. The van der Waals surface area contributed by atoms with Gasteiger partial charge in [0.15, 0.2) is 0 Å². The molecule has 0 spiro atoms. The number of hydrogen-bond acceptors (Lipinski definition) is 1. The van der Waals surface area contributed by atoms with E-state index in [1.165, 1.54) is 32.1 Å². The molecule has 1 nitrogen and oxygen atoms in total. The Morgan fingerprint density at radius 3 is 2.38 bits per heavy atom. The Kier molecular flexibility index (Phi) is 2.62. The minimum absolute atomic E-state index is 0.771. The quantitative estimate of drug-likeness (QED) is 0.731. The van der Waals surface area contributed by atoms with Crippen molar-refractivity contribution in [1.82, 2.24) is 0 Å². The third kappa shape index (κ3) is 1.83. The Balaban J connectivity index is 1.91. The number of ether oxygens (including phenoxy) is 1. The SMILES string of the molecule is CCOc1ccc(C2CC2)c(C2CCC2)c1. The van der Waals surface area contributed by atoms with Crippen molar-refractivity contribution in [3.05, 3.63) is 29.3 Å². The normalized spacial score (nSPS) is 20.6. The van der Waals surface area contributed by atoms with Crippen LogP contribution in [0.2, 0.25) is 0 Å². The first kappa shape index (κ1) is 10.2. The van der Waals surface area contributed by atoms with Crippen molar-refractivity contribution in [3.8, 4) is 5.75 Å². The van der Waals surface area contributed by atoms with Gasteiger partial charge in [0.1, 0.15) is 5.75 Å². The minimum Gasteiger partial charge on any atom is -0.494 e. The monoisotopic (exact) mass is 216 g/mol. The van der Waals surface area contributed by atoms with Crippen LogP contribution < -0.4 is 4.74 Å². The van der Waals surface area contributed by atoms with Crippen LogP contribution in [0.25, 0.3) is 0 Å². The molecular formula is C15H20O. The molecule has 86 valence electrons.